The van der Waals surface area contributed by atoms with Crippen LogP contribution >= 0.6 is 0 Å². The maximum absolute atomic E-state index is 12.2. The molecule has 9 atom stereocenters. The highest BCUT2D eigenvalue weighted by Gasteiger charge is 2.69. The Hall–Kier alpha value is -0.900. The van der Waals surface area contributed by atoms with Crippen molar-refractivity contribution in [2.24, 2.45) is 34.5 Å². The van der Waals surface area contributed by atoms with Gasteiger partial charge in [-0.15, -0.1) is 0 Å². The summed E-state index contributed by atoms with van der Waals surface area (Å²) in [5.74, 6) is 2.76. The zero-order valence-electron chi connectivity index (χ0n) is 15.6. The number of carbonyl (C=O) groups is 2. The van der Waals surface area contributed by atoms with E-state index in [9.17, 15) is 9.59 Å². The summed E-state index contributed by atoms with van der Waals surface area (Å²) in [4.78, 5) is 23.7. The molecule has 1 aliphatic heterocycles. The highest BCUT2D eigenvalue weighted by molar-refractivity contribution is 5.87. The molecule has 2 unspecified atom stereocenters. The first-order chi connectivity index (χ1) is 11.9. The van der Waals surface area contributed by atoms with Gasteiger partial charge in [-0.05, 0) is 62.2 Å². The highest BCUT2D eigenvalue weighted by Crippen LogP contribution is 2.68. The summed E-state index contributed by atoms with van der Waals surface area (Å²) in [6.45, 7) is 6.33. The SMILES string of the molecule is CC(=O)OC1CC[C@H]2[C@@H]3CCC4CC(=O)[C@@H]5O[C@@H]5[C@]4(C)[C@H]3CC[C@]12C. The number of hydrogen-bond acceptors (Lipinski definition) is 4. The van der Waals surface area contributed by atoms with Crippen LogP contribution in [-0.2, 0) is 19.1 Å². The number of fused-ring (bicyclic) bond motifs is 7. The Morgan fingerprint density at radius 1 is 1.12 bits per heavy atom. The van der Waals surface area contributed by atoms with E-state index in [-0.39, 0.29) is 35.1 Å². The summed E-state index contributed by atoms with van der Waals surface area (Å²) in [5.41, 5.74) is 0.326. The molecular formula is C21H30O4. The second kappa shape index (κ2) is 5.09. The van der Waals surface area contributed by atoms with Crippen LogP contribution in [0.2, 0.25) is 0 Å². The van der Waals surface area contributed by atoms with Gasteiger partial charge in [0, 0.05) is 24.2 Å². The summed E-state index contributed by atoms with van der Waals surface area (Å²) in [6.07, 6.45) is 7.87. The standard InChI is InChI=1S/C21H30O4/c1-11(22)24-17-7-6-14-13-5-4-12-10-16(23)18-19(25-18)21(12,3)15(13)8-9-20(14,17)2/h12-15,17-19H,4-10H2,1-3H3/t12?,13-,14-,15-,17?,18-,19-,20-,21-/m0/s1. The summed E-state index contributed by atoms with van der Waals surface area (Å²) < 4.78 is 11.6. The molecule has 0 N–H and O–H groups in total. The van der Waals surface area contributed by atoms with Gasteiger partial charge >= 0.3 is 5.97 Å². The molecule has 5 aliphatic rings. The maximum atomic E-state index is 12.2. The van der Waals surface area contributed by atoms with Gasteiger partial charge in [-0.2, -0.15) is 0 Å². The Labute approximate surface area is 150 Å². The molecule has 5 fully saturated rings. The van der Waals surface area contributed by atoms with E-state index in [4.69, 9.17) is 9.47 Å². The van der Waals surface area contributed by atoms with Crippen LogP contribution in [0.1, 0.15) is 65.7 Å². The van der Waals surface area contributed by atoms with Crippen LogP contribution in [0, 0.1) is 34.5 Å². The van der Waals surface area contributed by atoms with Gasteiger partial charge in [-0.1, -0.05) is 13.8 Å². The predicted molar refractivity (Wildman–Crippen MR) is 91.7 cm³/mol. The summed E-state index contributed by atoms with van der Waals surface area (Å²) in [7, 11) is 0. The van der Waals surface area contributed by atoms with Gasteiger partial charge in [0.05, 0.1) is 6.10 Å². The molecule has 1 heterocycles. The lowest BCUT2D eigenvalue weighted by Crippen LogP contribution is -2.57. The smallest absolute Gasteiger partial charge is 0.302 e. The first kappa shape index (κ1) is 16.3. The zero-order chi connectivity index (χ0) is 17.6. The molecule has 4 heteroatoms. The van der Waals surface area contributed by atoms with E-state index in [0.717, 1.165) is 19.3 Å². The second-order valence-electron chi connectivity index (χ2n) is 9.88. The first-order valence-electron chi connectivity index (χ1n) is 10.2. The van der Waals surface area contributed by atoms with Crippen LogP contribution in [-0.4, -0.2) is 30.1 Å². The summed E-state index contributed by atoms with van der Waals surface area (Å²) >= 11 is 0. The van der Waals surface area contributed by atoms with Crippen molar-refractivity contribution in [3.63, 3.8) is 0 Å². The van der Waals surface area contributed by atoms with Crippen molar-refractivity contribution < 1.29 is 19.1 Å². The van der Waals surface area contributed by atoms with Crippen molar-refractivity contribution in [2.75, 3.05) is 0 Å². The van der Waals surface area contributed by atoms with Crippen LogP contribution in [0.5, 0.6) is 0 Å². The maximum Gasteiger partial charge on any atom is 0.302 e. The van der Waals surface area contributed by atoms with Crippen molar-refractivity contribution in [2.45, 2.75) is 84.0 Å². The average Bonchev–Trinajstić information content (AvgIpc) is 3.30. The number of ether oxygens (including phenoxy) is 2. The fourth-order valence-electron chi connectivity index (χ4n) is 7.77. The Bertz CT molecular complexity index is 629. The molecule has 4 nitrogen and oxygen atoms in total. The lowest BCUT2D eigenvalue weighted by Gasteiger charge is -2.59. The molecule has 0 aromatic heterocycles. The monoisotopic (exact) mass is 346 g/mol. The Kier molecular flexibility index (Phi) is 3.31. The third-order valence-electron chi connectivity index (χ3n) is 9.05. The number of Topliss-reactive ketones (excluding diaryl/α,β-unsaturated/α-hetero) is 1. The van der Waals surface area contributed by atoms with Crippen LogP contribution in [0.25, 0.3) is 0 Å². The van der Waals surface area contributed by atoms with Crippen molar-refractivity contribution in [3.8, 4) is 0 Å². The fourth-order valence-corrected chi connectivity index (χ4v) is 7.77. The molecule has 0 amide bonds. The van der Waals surface area contributed by atoms with E-state index in [2.05, 4.69) is 13.8 Å². The molecule has 4 saturated carbocycles. The third kappa shape index (κ3) is 2.03. The molecule has 0 bridgehead atoms. The van der Waals surface area contributed by atoms with Gasteiger partial charge in [0.2, 0.25) is 0 Å². The number of rotatable bonds is 1. The largest absolute Gasteiger partial charge is 0.462 e. The lowest BCUT2D eigenvalue weighted by atomic mass is 9.45. The van der Waals surface area contributed by atoms with Crippen molar-refractivity contribution >= 4 is 11.8 Å². The molecule has 5 rings (SSSR count). The molecule has 0 spiro atoms. The minimum atomic E-state index is -0.135. The van der Waals surface area contributed by atoms with E-state index in [1.54, 1.807) is 0 Å². The van der Waals surface area contributed by atoms with E-state index in [1.165, 1.54) is 32.6 Å². The van der Waals surface area contributed by atoms with Crippen molar-refractivity contribution in [1.29, 1.82) is 0 Å². The van der Waals surface area contributed by atoms with Gasteiger partial charge in [-0.3, -0.25) is 9.59 Å². The van der Waals surface area contributed by atoms with Crippen molar-refractivity contribution in [3.05, 3.63) is 0 Å². The highest BCUT2D eigenvalue weighted by atomic mass is 16.6. The van der Waals surface area contributed by atoms with Gasteiger partial charge in [-0.25, -0.2) is 0 Å². The van der Waals surface area contributed by atoms with Crippen molar-refractivity contribution in [1.82, 2.24) is 0 Å². The van der Waals surface area contributed by atoms with E-state index in [0.29, 0.717) is 29.5 Å². The lowest BCUT2D eigenvalue weighted by molar-refractivity contribution is -0.161. The number of hydrogen-bond donors (Lipinski definition) is 0. The molecule has 0 aromatic carbocycles. The first-order valence-corrected chi connectivity index (χ1v) is 10.2. The zero-order valence-corrected chi connectivity index (χ0v) is 15.6. The van der Waals surface area contributed by atoms with Gasteiger partial charge in [0.25, 0.3) is 0 Å². The van der Waals surface area contributed by atoms with Gasteiger partial charge in [0.15, 0.2) is 5.78 Å². The molecule has 0 aromatic rings. The molecule has 4 aliphatic carbocycles. The Morgan fingerprint density at radius 3 is 2.68 bits per heavy atom. The molecule has 1 saturated heterocycles. The number of ketones is 1. The quantitative estimate of drug-likeness (QED) is 0.538. The Balaban J connectivity index is 1.44. The van der Waals surface area contributed by atoms with Crippen LogP contribution < -0.4 is 0 Å². The van der Waals surface area contributed by atoms with E-state index >= 15 is 0 Å². The normalized spacial score (nSPS) is 56.3. The summed E-state index contributed by atoms with van der Waals surface area (Å²) in [6, 6.07) is 0. The molecular weight excluding hydrogens is 316 g/mol. The van der Waals surface area contributed by atoms with E-state index in [1.807, 2.05) is 0 Å². The van der Waals surface area contributed by atoms with Crippen LogP contribution in [0.15, 0.2) is 0 Å². The van der Waals surface area contributed by atoms with E-state index < -0.39 is 0 Å². The minimum Gasteiger partial charge on any atom is -0.462 e. The number of carbonyl (C=O) groups excluding carboxylic acids is 2. The van der Waals surface area contributed by atoms with Gasteiger partial charge < -0.3 is 9.47 Å². The topological polar surface area (TPSA) is 55.9 Å². The Morgan fingerprint density at radius 2 is 1.92 bits per heavy atom. The number of esters is 1. The number of epoxide rings is 1. The molecule has 0 radical (unpaired) electrons. The van der Waals surface area contributed by atoms with Crippen LogP contribution in [0.4, 0.5) is 0 Å². The van der Waals surface area contributed by atoms with Crippen LogP contribution in [0.3, 0.4) is 0 Å². The second-order valence-corrected chi connectivity index (χ2v) is 9.88. The van der Waals surface area contributed by atoms with Gasteiger partial charge in [0.1, 0.15) is 12.2 Å². The molecule has 25 heavy (non-hydrogen) atoms. The minimum absolute atomic E-state index is 0.0920. The fraction of sp³-hybridized carbons (Fsp3) is 0.905. The molecule has 138 valence electrons. The predicted octanol–water partition coefficient (Wildman–Crippen LogP) is 3.52. The average molecular weight is 346 g/mol. The third-order valence-corrected chi connectivity index (χ3v) is 9.05. The summed E-state index contributed by atoms with van der Waals surface area (Å²) in [5, 5.41) is 0.